The molecule has 2 aromatic carbocycles. The Morgan fingerprint density at radius 3 is 2.37 bits per heavy atom. The summed E-state index contributed by atoms with van der Waals surface area (Å²) >= 11 is 0. The topological polar surface area (TPSA) is 74.3 Å². The fourth-order valence-corrected chi connectivity index (χ4v) is 3.77. The predicted octanol–water partition coefficient (Wildman–Crippen LogP) is 3.89. The largest absolute Gasteiger partial charge is 0.496 e. The molecule has 0 saturated carbocycles. The van der Waals surface area contributed by atoms with Crippen LogP contribution in [0.2, 0.25) is 0 Å². The predicted molar refractivity (Wildman–Crippen MR) is 111 cm³/mol. The van der Waals surface area contributed by atoms with Gasteiger partial charge in [-0.25, -0.2) is 4.79 Å². The van der Waals surface area contributed by atoms with Crippen LogP contribution in [0.1, 0.15) is 36.1 Å². The third-order valence-electron chi connectivity index (χ3n) is 5.13. The second-order valence-corrected chi connectivity index (χ2v) is 6.87. The Hall–Kier alpha value is -3.22. The van der Waals surface area contributed by atoms with Gasteiger partial charge in [0.2, 0.25) is 0 Å². The molecule has 0 radical (unpaired) electrons. The van der Waals surface area contributed by atoms with Gasteiger partial charge in [-0.2, -0.15) is 0 Å². The van der Waals surface area contributed by atoms with Gasteiger partial charge in [-0.1, -0.05) is 30.3 Å². The third kappa shape index (κ3) is 4.67. The molecule has 1 heterocycles. The summed E-state index contributed by atoms with van der Waals surface area (Å²) < 4.78 is 21.8. The number of hydrogen-bond donors (Lipinski definition) is 0. The van der Waals surface area contributed by atoms with Crippen LogP contribution in [0, 0.1) is 0 Å². The second kappa shape index (κ2) is 10.0. The van der Waals surface area contributed by atoms with E-state index in [9.17, 15) is 9.59 Å². The molecule has 7 nitrogen and oxygen atoms in total. The molecule has 1 amide bonds. The fourth-order valence-electron chi connectivity index (χ4n) is 3.77. The van der Waals surface area contributed by atoms with Gasteiger partial charge in [-0.3, -0.25) is 4.79 Å². The fraction of sp³-hybridized carbons (Fsp3) is 0.391. The normalized spacial score (nSPS) is 15.2. The summed E-state index contributed by atoms with van der Waals surface area (Å²) in [6, 6.07) is 12.5. The van der Waals surface area contributed by atoms with E-state index < -0.39 is 12.1 Å². The van der Waals surface area contributed by atoms with E-state index in [-0.39, 0.29) is 25.6 Å². The number of methoxy groups -OCH3 is 2. The summed E-state index contributed by atoms with van der Waals surface area (Å²) in [4.78, 5) is 26.9. The van der Waals surface area contributed by atoms with Crippen LogP contribution in [0.3, 0.4) is 0 Å². The molecule has 0 spiro atoms. The third-order valence-corrected chi connectivity index (χ3v) is 5.13. The quantitative estimate of drug-likeness (QED) is 0.641. The molecule has 1 unspecified atom stereocenters. The molecule has 1 aliphatic heterocycles. The first-order chi connectivity index (χ1) is 14.6. The molecule has 0 aromatic heterocycles. The number of nitrogens with zero attached hydrogens (tertiary/aromatic N) is 1. The summed E-state index contributed by atoms with van der Waals surface area (Å²) in [5, 5.41) is 0. The summed E-state index contributed by atoms with van der Waals surface area (Å²) in [5.41, 5.74) is 2.58. The number of rotatable bonds is 7. The minimum atomic E-state index is -0.568. The average molecular weight is 413 g/mol. The van der Waals surface area contributed by atoms with Crippen LogP contribution in [-0.2, 0) is 27.3 Å². The van der Waals surface area contributed by atoms with Crippen LogP contribution in [0.4, 0.5) is 4.79 Å². The van der Waals surface area contributed by atoms with Crippen molar-refractivity contribution in [2.24, 2.45) is 0 Å². The van der Waals surface area contributed by atoms with Crippen molar-refractivity contribution in [1.82, 2.24) is 4.90 Å². The first-order valence-corrected chi connectivity index (χ1v) is 9.95. The van der Waals surface area contributed by atoms with Crippen LogP contribution < -0.4 is 9.47 Å². The van der Waals surface area contributed by atoms with Crippen molar-refractivity contribution in [2.75, 3.05) is 27.4 Å². The minimum Gasteiger partial charge on any atom is -0.496 e. The Morgan fingerprint density at radius 2 is 1.70 bits per heavy atom. The van der Waals surface area contributed by atoms with Crippen molar-refractivity contribution in [1.29, 1.82) is 0 Å². The average Bonchev–Trinajstić information content (AvgIpc) is 2.77. The van der Waals surface area contributed by atoms with Gasteiger partial charge in [0.05, 0.1) is 33.3 Å². The Balaban J connectivity index is 1.91. The van der Waals surface area contributed by atoms with Crippen molar-refractivity contribution in [2.45, 2.75) is 32.4 Å². The molecule has 160 valence electrons. The maximum absolute atomic E-state index is 13.0. The highest BCUT2D eigenvalue weighted by molar-refractivity contribution is 5.75. The molecule has 0 saturated heterocycles. The highest BCUT2D eigenvalue weighted by Crippen LogP contribution is 2.43. The first kappa shape index (κ1) is 21.5. The maximum Gasteiger partial charge on any atom is 0.410 e. The molecule has 1 aliphatic rings. The van der Waals surface area contributed by atoms with Crippen LogP contribution in [0.15, 0.2) is 42.5 Å². The molecule has 0 fully saturated rings. The van der Waals surface area contributed by atoms with E-state index >= 15 is 0 Å². The molecule has 2 aromatic rings. The summed E-state index contributed by atoms with van der Waals surface area (Å²) in [6.07, 6.45) is 0.0870. The van der Waals surface area contributed by atoms with E-state index in [1.807, 2.05) is 36.4 Å². The maximum atomic E-state index is 13.0. The van der Waals surface area contributed by atoms with Gasteiger partial charge in [0.25, 0.3) is 0 Å². The second-order valence-electron chi connectivity index (χ2n) is 6.87. The van der Waals surface area contributed by atoms with Gasteiger partial charge in [0.15, 0.2) is 0 Å². The molecular formula is C23H27NO6. The van der Waals surface area contributed by atoms with Crippen molar-refractivity contribution in [3.63, 3.8) is 0 Å². The molecule has 0 bridgehead atoms. The van der Waals surface area contributed by atoms with E-state index in [1.54, 1.807) is 32.1 Å². The smallest absolute Gasteiger partial charge is 0.410 e. The molecule has 0 N–H and O–H groups in total. The highest BCUT2D eigenvalue weighted by atomic mass is 16.6. The summed E-state index contributed by atoms with van der Waals surface area (Å²) in [7, 11) is 3.17. The zero-order chi connectivity index (χ0) is 21.5. The van der Waals surface area contributed by atoms with Crippen LogP contribution in [0.5, 0.6) is 11.5 Å². The Bertz CT molecular complexity index is 883. The van der Waals surface area contributed by atoms with Gasteiger partial charge in [0.1, 0.15) is 18.1 Å². The first-order valence-electron chi connectivity index (χ1n) is 9.95. The molecular weight excluding hydrogens is 386 g/mol. The monoisotopic (exact) mass is 413 g/mol. The van der Waals surface area contributed by atoms with Gasteiger partial charge < -0.3 is 23.8 Å². The molecule has 7 heteroatoms. The minimum absolute atomic E-state index is 0.00477. The molecule has 30 heavy (non-hydrogen) atoms. The molecule has 3 rings (SSSR count). The van der Waals surface area contributed by atoms with Gasteiger partial charge in [-0.05, 0) is 31.0 Å². The Morgan fingerprint density at radius 1 is 1.00 bits per heavy atom. The zero-order valence-corrected chi connectivity index (χ0v) is 17.6. The van der Waals surface area contributed by atoms with E-state index in [2.05, 4.69) is 0 Å². The lowest BCUT2D eigenvalue weighted by molar-refractivity contribution is -0.144. The standard InChI is InChI=1S/C23H27NO6/c1-4-29-21(25)14-18-22-17(19(27-2)10-11-20(22)28-3)12-13-24(18)23(26)30-15-16-8-6-5-7-9-16/h5-11,18H,4,12-15H2,1-3H3. The van der Waals surface area contributed by atoms with Gasteiger partial charge in [-0.15, -0.1) is 0 Å². The zero-order valence-electron chi connectivity index (χ0n) is 17.6. The summed E-state index contributed by atoms with van der Waals surface area (Å²) in [6.45, 7) is 2.58. The number of carbonyl (C=O) groups is 2. The number of fused-ring (bicyclic) bond motifs is 1. The van der Waals surface area contributed by atoms with Gasteiger partial charge in [0, 0.05) is 17.7 Å². The SMILES string of the molecule is CCOC(=O)CC1c2c(OC)ccc(OC)c2CCN1C(=O)OCc1ccccc1. The van der Waals surface area contributed by atoms with Crippen molar-refractivity contribution in [3.05, 3.63) is 59.2 Å². The number of esters is 1. The Labute approximate surface area is 176 Å². The lowest BCUT2D eigenvalue weighted by Crippen LogP contribution is -2.41. The van der Waals surface area contributed by atoms with E-state index in [4.69, 9.17) is 18.9 Å². The van der Waals surface area contributed by atoms with Gasteiger partial charge >= 0.3 is 12.1 Å². The van der Waals surface area contributed by atoms with Crippen molar-refractivity contribution < 1.29 is 28.5 Å². The van der Waals surface area contributed by atoms with Crippen LogP contribution >= 0.6 is 0 Å². The Kier molecular flexibility index (Phi) is 7.17. The number of hydrogen-bond acceptors (Lipinski definition) is 6. The number of amides is 1. The molecule has 1 atom stereocenters. The van der Waals surface area contributed by atoms with E-state index in [0.717, 1.165) is 16.7 Å². The molecule has 0 aliphatic carbocycles. The van der Waals surface area contributed by atoms with Crippen molar-refractivity contribution >= 4 is 12.1 Å². The van der Waals surface area contributed by atoms with E-state index in [1.165, 1.54) is 0 Å². The number of carbonyl (C=O) groups excluding carboxylic acids is 2. The lowest BCUT2D eigenvalue weighted by Gasteiger charge is -2.37. The van der Waals surface area contributed by atoms with E-state index in [0.29, 0.717) is 24.5 Å². The van der Waals surface area contributed by atoms with Crippen LogP contribution in [0.25, 0.3) is 0 Å². The number of benzene rings is 2. The van der Waals surface area contributed by atoms with Crippen molar-refractivity contribution in [3.8, 4) is 11.5 Å². The summed E-state index contributed by atoms with van der Waals surface area (Å²) in [5.74, 6) is 0.915. The highest BCUT2D eigenvalue weighted by Gasteiger charge is 2.37. The van der Waals surface area contributed by atoms with Crippen LogP contribution in [-0.4, -0.2) is 44.3 Å². The number of ether oxygens (including phenoxy) is 4. The lowest BCUT2D eigenvalue weighted by atomic mass is 9.89.